The Morgan fingerprint density at radius 2 is 2.05 bits per heavy atom. The van der Waals surface area contributed by atoms with Gasteiger partial charge in [-0.25, -0.2) is 4.79 Å². The van der Waals surface area contributed by atoms with E-state index < -0.39 is 16.9 Å². The quantitative estimate of drug-likeness (QED) is 0.273. The molecule has 0 aliphatic carbocycles. The van der Waals surface area contributed by atoms with Gasteiger partial charge in [-0.3, -0.25) is 14.9 Å². The van der Waals surface area contributed by atoms with Crippen molar-refractivity contribution in [2.45, 2.75) is 25.1 Å². The van der Waals surface area contributed by atoms with E-state index in [0.29, 0.717) is 12.0 Å². The third-order valence-electron chi connectivity index (χ3n) is 3.61. The lowest BCUT2D eigenvalue weighted by Crippen LogP contribution is -2.55. The Kier molecular flexibility index (Phi) is 3.17. The maximum atomic E-state index is 12.0. The maximum absolute atomic E-state index is 12.0. The molecular weight excluding hydrogens is 276 g/mol. The average Bonchev–Trinajstić information content (AvgIpc) is 2.82. The van der Waals surface area contributed by atoms with Crippen molar-refractivity contribution in [2.24, 2.45) is 0 Å². The molecule has 0 unspecified atom stereocenters. The minimum absolute atomic E-state index is 0.0159. The summed E-state index contributed by atoms with van der Waals surface area (Å²) in [6.07, 6.45) is 3.95. The van der Waals surface area contributed by atoms with Crippen LogP contribution in [0, 0.1) is 10.1 Å². The van der Waals surface area contributed by atoms with E-state index in [0.717, 1.165) is 0 Å². The first-order chi connectivity index (χ1) is 10.1. The number of carbonyl (C=O) groups excluding carboxylic acids is 2. The van der Waals surface area contributed by atoms with Gasteiger partial charge in [0.1, 0.15) is 12.6 Å². The lowest BCUT2D eigenvalue weighted by molar-refractivity contribution is -0.384. The van der Waals surface area contributed by atoms with Gasteiger partial charge in [-0.15, -0.1) is 0 Å². The second kappa shape index (κ2) is 5.01. The van der Waals surface area contributed by atoms with Crippen LogP contribution in [-0.4, -0.2) is 33.8 Å². The minimum Gasteiger partial charge on any atom is -0.459 e. The molecule has 21 heavy (non-hydrogen) atoms. The first kappa shape index (κ1) is 13.3. The molecular formula is C14H12N2O5. The van der Waals surface area contributed by atoms with Crippen molar-refractivity contribution in [2.75, 3.05) is 0 Å². The van der Waals surface area contributed by atoms with E-state index in [1.165, 1.54) is 29.2 Å². The molecule has 0 radical (unpaired) electrons. The van der Waals surface area contributed by atoms with Crippen LogP contribution < -0.4 is 0 Å². The lowest BCUT2D eigenvalue weighted by atomic mass is 10.0. The summed E-state index contributed by atoms with van der Waals surface area (Å²) in [4.78, 5) is 34.9. The summed E-state index contributed by atoms with van der Waals surface area (Å²) < 4.78 is 5.16. The molecule has 7 heteroatoms. The van der Waals surface area contributed by atoms with Gasteiger partial charge in [-0.05, 0) is 17.7 Å². The molecule has 2 aliphatic heterocycles. The first-order valence-electron chi connectivity index (χ1n) is 6.46. The Morgan fingerprint density at radius 1 is 1.33 bits per heavy atom. The monoisotopic (exact) mass is 288 g/mol. The van der Waals surface area contributed by atoms with Gasteiger partial charge in [-0.1, -0.05) is 12.2 Å². The van der Waals surface area contributed by atoms with E-state index in [4.69, 9.17) is 4.74 Å². The Hall–Kier alpha value is -2.70. The number of ether oxygens (including phenoxy) is 1. The summed E-state index contributed by atoms with van der Waals surface area (Å²) in [7, 11) is 0. The second-order valence-corrected chi connectivity index (χ2v) is 4.93. The van der Waals surface area contributed by atoms with E-state index >= 15 is 0 Å². The number of nitrogens with zero attached hydrogens (tertiary/aromatic N) is 2. The van der Waals surface area contributed by atoms with Crippen molar-refractivity contribution in [1.82, 2.24) is 4.90 Å². The van der Waals surface area contributed by atoms with Gasteiger partial charge in [0.25, 0.3) is 5.69 Å². The summed E-state index contributed by atoms with van der Waals surface area (Å²) in [5.74, 6) is -0.539. The Balaban J connectivity index is 1.57. The smallest absolute Gasteiger partial charge is 0.333 e. The number of hydrogen-bond donors (Lipinski definition) is 0. The standard InChI is InChI=1S/C14H12N2O5/c17-13-7-11-5-6-12(15(11)13)14(18)21-8-9-1-3-10(4-2-9)16(19)20/h1-6,11-12H,7-8H2/t11-,12-/m1/s1. The summed E-state index contributed by atoms with van der Waals surface area (Å²) in [6.45, 7) is 0.0217. The van der Waals surface area contributed by atoms with E-state index in [2.05, 4.69) is 0 Å². The number of non-ortho nitro benzene ring substituents is 1. The Labute approximate surface area is 119 Å². The van der Waals surface area contributed by atoms with Crippen LogP contribution in [-0.2, 0) is 20.9 Å². The number of benzene rings is 1. The zero-order valence-electron chi connectivity index (χ0n) is 11.0. The summed E-state index contributed by atoms with van der Waals surface area (Å²) in [6, 6.07) is 5.16. The topological polar surface area (TPSA) is 89.7 Å². The van der Waals surface area contributed by atoms with E-state index in [-0.39, 0.29) is 24.2 Å². The molecule has 1 aromatic rings. The lowest BCUT2D eigenvalue weighted by Gasteiger charge is -2.37. The van der Waals surface area contributed by atoms with E-state index in [9.17, 15) is 19.7 Å². The van der Waals surface area contributed by atoms with Gasteiger partial charge < -0.3 is 9.64 Å². The van der Waals surface area contributed by atoms with Crippen molar-refractivity contribution >= 4 is 17.6 Å². The highest BCUT2D eigenvalue weighted by atomic mass is 16.6. The number of carbonyl (C=O) groups is 2. The molecule has 3 rings (SSSR count). The molecule has 0 bridgehead atoms. The molecule has 1 amide bonds. The zero-order chi connectivity index (χ0) is 15.0. The van der Waals surface area contributed by atoms with Crippen LogP contribution in [0.2, 0.25) is 0 Å². The number of hydrogen-bond acceptors (Lipinski definition) is 5. The molecule has 0 aromatic heterocycles. The normalized spacial score (nSPS) is 22.7. The molecule has 0 spiro atoms. The number of β-lactam (4-membered cyclic amide) rings is 1. The van der Waals surface area contributed by atoms with Crippen LogP contribution in [0.1, 0.15) is 12.0 Å². The van der Waals surface area contributed by atoms with E-state index in [1.807, 2.05) is 6.08 Å². The molecule has 1 fully saturated rings. The molecule has 0 saturated carbocycles. The van der Waals surface area contributed by atoms with Crippen LogP contribution in [0.25, 0.3) is 0 Å². The molecule has 1 aromatic carbocycles. The van der Waals surface area contributed by atoms with Crippen LogP contribution in [0.3, 0.4) is 0 Å². The fourth-order valence-corrected chi connectivity index (χ4v) is 2.45. The average molecular weight is 288 g/mol. The first-order valence-corrected chi connectivity index (χ1v) is 6.46. The largest absolute Gasteiger partial charge is 0.459 e. The third-order valence-corrected chi connectivity index (χ3v) is 3.61. The SMILES string of the molecule is O=C(OCc1ccc([N+](=O)[O-])cc1)[C@H]1C=C[C@@H]2CC(=O)N21. The number of esters is 1. The molecule has 7 nitrogen and oxygen atoms in total. The fourth-order valence-electron chi connectivity index (χ4n) is 2.45. The van der Waals surface area contributed by atoms with Crippen LogP contribution in [0.5, 0.6) is 0 Å². The van der Waals surface area contributed by atoms with Crippen molar-refractivity contribution < 1.29 is 19.2 Å². The zero-order valence-corrected chi connectivity index (χ0v) is 11.0. The predicted octanol–water partition coefficient (Wildman–Crippen LogP) is 1.18. The summed E-state index contributed by atoms with van der Waals surface area (Å²) in [5, 5.41) is 10.5. The molecule has 2 heterocycles. The molecule has 2 aliphatic rings. The highest BCUT2D eigenvalue weighted by molar-refractivity contribution is 5.92. The fraction of sp³-hybridized carbons (Fsp3) is 0.286. The summed E-state index contributed by atoms with van der Waals surface area (Å²) in [5.41, 5.74) is 0.639. The predicted molar refractivity (Wildman–Crippen MR) is 71.1 cm³/mol. The Morgan fingerprint density at radius 3 is 2.67 bits per heavy atom. The molecule has 2 atom stereocenters. The Bertz CT molecular complexity index is 637. The minimum atomic E-state index is -0.644. The van der Waals surface area contributed by atoms with Gasteiger partial charge in [0.05, 0.1) is 17.4 Å². The van der Waals surface area contributed by atoms with Gasteiger partial charge >= 0.3 is 5.97 Å². The van der Waals surface area contributed by atoms with Crippen LogP contribution >= 0.6 is 0 Å². The number of rotatable bonds is 4. The molecule has 0 N–H and O–H groups in total. The van der Waals surface area contributed by atoms with Crippen molar-refractivity contribution in [3.8, 4) is 0 Å². The van der Waals surface area contributed by atoms with Gasteiger partial charge in [0.2, 0.25) is 5.91 Å². The van der Waals surface area contributed by atoms with Crippen molar-refractivity contribution in [1.29, 1.82) is 0 Å². The molecule has 1 saturated heterocycles. The van der Waals surface area contributed by atoms with Crippen LogP contribution in [0.4, 0.5) is 5.69 Å². The van der Waals surface area contributed by atoms with Gasteiger partial charge in [-0.2, -0.15) is 0 Å². The third kappa shape index (κ3) is 2.37. The van der Waals surface area contributed by atoms with Gasteiger partial charge in [0, 0.05) is 12.1 Å². The highest BCUT2D eigenvalue weighted by Crippen LogP contribution is 2.30. The molecule has 108 valence electrons. The number of nitro groups is 1. The van der Waals surface area contributed by atoms with E-state index in [1.54, 1.807) is 6.08 Å². The van der Waals surface area contributed by atoms with Crippen LogP contribution in [0.15, 0.2) is 36.4 Å². The van der Waals surface area contributed by atoms with Gasteiger partial charge in [0.15, 0.2) is 0 Å². The maximum Gasteiger partial charge on any atom is 0.333 e. The van der Waals surface area contributed by atoms with Crippen molar-refractivity contribution in [3.05, 3.63) is 52.1 Å². The summed E-state index contributed by atoms with van der Waals surface area (Å²) >= 11 is 0. The van der Waals surface area contributed by atoms with Crippen molar-refractivity contribution in [3.63, 3.8) is 0 Å². The number of amides is 1. The highest BCUT2D eigenvalue weighted by Gasteiger charge is 2.45. The number of fused-ring (bicyclic) bond motifs is 1. The second-order valence-electron chi connectivity index (χ2n) is 4.93. The number of nitro benzene ring substituents is 1.